The van der Waals surface area contributed by atoms with Crippen molar-refractivity contribution in [3.8, 4) is 0 Å². The Hall–Kier alpha value is -4.61. The van der Waals surface area contributed by atoms with Crippen molar-refractivity contribution in [2.24, 2.45) is 0 Å². The van der Waals surface area contributed by atoms with E-state index in [4.69, 9.17) is 18.9 Å². The van der Waals surface area contributed by atoms with Crippen LogP contribution in [0.2, 0.25) is 0 Å². The highest BCUT2D eigenvalue weighted by atomic mass is 16.6. The van der Waals surface area contributed by atoms with E-state index in [0.717, 1.165) is 322 Å². The van der Waals surface area contributed by atoms with E-state index in [-0.39, 0.29) is 82.7 Å². The van der Waals surface area contributed by atoms with Crippen LogP contribution in [0, 0.1) is 0 Å². The highest BCUT2D eigenvalue weighted by Crippen LogP contribution is 2.20. The molecule has 604 valence electrons. The Morgan fingerprint density at radius 2 is 0.500 bits per heavy atom. The van der Waals surface area contributed by atoms with E-state index in [1.165, 1.54) is 25.7 Å². The van der Waals surface area contributed by atoms with Crippen LogP contribution >= 0.6 is 0 Å². The molecule has 4 N–H and O–H groups in total. The van der Waals surface area contributed by atoms with Crippen LogP contribution in [0.1, 0.15) is 414 Å². The Morgan fingerprint density at radius 1 is 0.279 bits per heavy atom. The first-order chi connectivity index (χ1) is 50.7. The van der Waals surface area contributed by atoms with Crippen LogP contribution in [0.15, 0.2) is 18.2 Å². The Bertz CT molecular complexity index is 2040. The first-order valence-corrected chi connectivity index (χ1v) is 43.6. The minimum atomic E-state index is -0.329. The Labute approximate surface area is 636 Å². The number of carbonyl (C=O) groups is 7. The summed E-state index contributed by atoms with van der Waals surface area (Å²) in [5.74, 6) is -1.21. The van der Waals surface area contributed by atoms with Crippen molar-refractivity contribution in [2.75, 3.05) is 72.5 Å². The highest BCUT2D eigenvalue weighted by Gasteiger charge is 2.20. The van der Waals surface area contributed by atoms with Gasteiger partial charge in [0.2, 0.25) is 0 Å². The van der Waals surface area contributed by atoms with Crippen molar-refractivity contribution in [1.29, 1.82) is 0 Å². The van der Waals surface area contributed by atoms with Crippen molar-refractivity contribution >= 4 is 41.6 Å². The fraction of sp³-hybridized carbons (Fsp3) is 0.851. The molecule has 0 bridgehead atoms. The molecule has 4 unspecified atom stereocenters. The fourth-order valence-electron chi connectivity index (χ4n) is 13.6. The second-order valence-electron chi connectivity index (χ2n) is 30.0. The van der Waals surface area contributed by atoms with Crippen molar-refractivity contribution in [3.05, 3.63) is 34.9 Å². The number of amides is 3. The normalized spacial score (nSPS) is 12.6. The lowest BCUT2D eigenvalue weighted by molar-refractivity contribution is -0.150. The van der Waals surface area contributed by atoms with E-state index >= 15 is 0 Å². The predicted molar refractivity (Wildman–Crippen MR) is 431 cm³/mol. The summed E-state index contributed by atoms with van der Waals surface area (Å²) < 4.78 is 23.2. The number of nitrogens with one attached hydrogen (secondary N) is 4. The fourth-order valence-corrected chi connectivity index (χ4v) is 13.6. The Kier molecular flexibility index (Phi) is 65.6. The Morgan fingerprint density at radius 3 is 0.731 bits per heavy atom. The summed E-state index contributed by atoms with van der Waals surface area (Å²) in [5.41, 5.74) is 0.820. The summed E-state index contributed by atoms with van der Waals surface area (Å²) >= 11 is 0. The summed E-state index contributed by atoms with van der Waals surface area (Å²) in [5, 5.41) is 12.4. The molecule has 0 saturated carbocycles. The number of ether oxygens (including phenoxy) is 4. The molecule has 17 nitrogen and oxygen atoms in total. The van der Waals surface area contributed by atoms with Gasteiger partial charge in [0.05, 0.1) is 0 Å². The predicted octanol–water partition coefficient (Wildman–Crippen LogP) is 20.4. The molecule has 4 atom stereocenters. The molecule has 0 radical (unpaired) electrons. The van der Waals surface area contributed by atoms with Crippen LogP contribution in [0.3, 0.4) is 0 Å². The lowest BCUT2D eigenvalue weighted by Gasteiger charge is -2.22. The third-order valence-corrected chi connectivity index (χ3v) is 20.4. The van der Waals surface area contributed by atoms with Crippen LogP contribution in [0.4, 0.5) is 0 Å². The largest absolute Gasteiger partial charge is 0.462 e. The first-order valence-electron chi connectivity index (χ1n) is 43.6. The number of carbonyl (C=O) groups excluding carboxylic acids is 7. The van der Waals surface area contributed by atoms with Crippen molar-refractivity contribution in [1.82, 2.24) is 31.1 Å². The molecule has 1 aromatic rings. The van der Waals surface area contributed by atoms with Crippen LogP contribution in [0.25, 0.3) is 0 Å². The summed E-state index contributed by atoms with van der Waals surface area (Å²) in [6, 6.07) is 4.80. The SMILES string of the molecule is CCCCCC(CC)OC(=O)CCCCCCCCN(CCCCCCCCC(=O)OC(CC)CCCCC)CCCNC(=O)c1cc(C(=O)NCCCNC)cc(C(=O)NCCCN(CCCCCCCCC(=O)OC(CC)CCCCC)CCCCCCCCC(=O)OC(CC)CCCCC)c1. The van der Waals surface area contributed by atoms with Crippen molar-refractivity contribution < 1.29 is 52.5 Å². The van der Waals surface area contributed by atoms with Gasteiger partial charge in [-0.2, -0.15) is 0 Å². The van der Waals surface area contributed by atoms with E-state index in [1.807, 2.05) is 7.05 Å². The lowest BCUT2D eigenvalue weighted by atomic mass is 10.0. The standard InChI is InChI=1S/C87H160N6O11/c1-10-18-38-53-77(14-5)101-81(94)57-42-30-22-26-34-46-65-92(66-47-35-27-23-31-43-58-82(95)102-78(15-6)54-39-19-11-2)69-51-63-90-86(99)75-71-74(85(98)89-62-50-61-88-9)72-76(73-75)87(100)91-64-52-70-93(67-48-36-28-24-32-44-59-83(96)103-79(16-7)55-40-20-12-3)68-49-37-29-25-33-45-60-84(97)104-80(17-8)56-41-21-13-4/h71-73,77-80,88H,10-70H2,1-9H3,(H,89,98)(H,90,99)(H,91,100). The number of unbranched alkanes of at least 4 members (excludes halogenated alkanes) is 28. The molecule has 0 aliphatic carbocycles. The summed E-state index contributed by atoms with van der Waals surface area (Å²) in [6.07, 6.45) is 50.7. The van der Waals surface area contributed by atoms with Gasteiger partial charge in [-0.25, -0.2) is 0 Å². The molecule has 0 heterocycles. The van der Waals surface area contributed by atoms with E-state index in [9.17, 15) is 33.6 Å². The molecule has 104 heavy (non-hydrogen) atoms. The molecule has 0 spiro atoms. The number of hydrogen-bond acceptors (Lipinski definition) is 14. The average molecular weight is 1470 g/mol. The van der Waals surface area contributed by atoms with Gasteiger partial charge in [-0.1, -0.05) is 209 Å². The van der Waals surface area contributed by atoms with E-state index in [1.54, 1.807) is 18.2 Å². The molecule has 3 amide bonds. The topological polar surface area (TPSA) is 211 Å². The second-order valence-corrected chi connectivity index (χ2v) is 30.0. The molecular formula is C87H160N6O11. The van der Waals surface area contributed by atoms with Gasteiger partial charge >= 0.3 is 23.9 Å². The highest BCUT2D eigenvalue weighted by molar-refractivity contribution is 6.04. The van der Waals surface area contributed by atoms with E-state index in [2.05, 4.69) is 86.5 Å². The number of nitrogens with zero attached hydrogens (tertiary/aromatic N) is 2. The lowest BCUT2D eigenvalue weighted by Crippen LogP contribution is -2.33. The minimum Gasteiger partial charge on any atom is -0.462 e. The maximum Gasteiger partial charge on any atom is 0.306 e. The van der Waals surface area contributed by atoms with Gasteiger partial charge in [-0.05, 0) is 219 Å². The van der Waals surface area contributed by atoms with Gasteiger partial charge in [0.1, 0.15) is 24.4 Å². The van der Waals surface area contributed by atoms with Crippen LogP contribution < -0.4 is 21.3 Å². The van der Waals surface area contributed by atoms with Crippen LogP contribution in [-0.4, -0.2) is 148 Å². The second kappa shape index (κ2) is 70.1. The summed E-state index contributed by atoms with van der Waals surface area (Å²) in [6.45, 7) is 24.8. The van der Waals surface area contributed by atoms with Gasteiger partial charge in [0.25, 0.3) is 17.7 Å². The maximum atomic E-state index is 14.1. The van der Waals surface area contributed by atoms with Gasteiger partial charge in [-0.15, -0.1) is 0 Å². The number of benzene rings is 1. The van der Waals surface area contributed by atoms with Crippen molar-refractivity contribution in [2.45, 2.75) is 407 Å². The smallest absolute Gasteiger partial charge is 0.306 e. The van der Waals surface area contributed by atoms with Crippen LogP contribution in [-0.2, 0) is 38.1 Å². The van der Waals surface area contributed by atoms with Crippen molar-refractivity contribution in [3.63, 3.8) is 0 Å². The number of esters is 4. The quantitative estimate of drug-likeness (QED) is 0.0272. The zero-order valence-corrected chi connectivity index (χ0v) is 68.6. The molecule has 0 aliphatic rings. The average Bonchev–Trinajstić information content (AvgIpc) is 0.829. The third kappa shape index (κ3) is 55.8. The Balaban J connectivity index is 3.02. The molecule has 0 aromatic heterocycles. The molecular weight excluding hydrogens is 1300 g/mol. The summed E-state index contributed by atoms with van der Waals surface area (Å²) in [4.78, 5) is 97.2. The first kappa shape index (κ1) is 97.4. The van der Waals surface area contributed by atoms with Crippen LogP contribution in [0.5, 0.6) is 0 Å². The van der Waals surface area contributed by atoms with Gasteiger partial charge in [0, 0.05) is 62.0 Å². The molecule has 1 rings (SSSR count). The monoisotopic (exact) mass is 1470 g/mol. The maximum absolute atomic E-state index is 14.1. The van der Waals surface area contributed by atoms with Gasteiger partial charge in [0.15, 0.2) is 0 Å². The zero-order valence-electron chi connectivity index (χ0n) is 68.6. The minimum absolute atomic E-state index is 0.0390. The zero-order chi connectivity index (χ0) is 76.1. The van der Waals surface area contributed by atoms with E-state index in [0.29, 0.717) is 45.3 Å². The van der Waals surface area contributed by atoms with Gasteiger partial charge in [-0.3, -0.25) is 33.6 Å². The molecule has 0 fully saturated rings. The molecule has 0 saturated heterocycles. The number of hydrogen-bond donors (Lipinski definition) is 4. The van der Waals surface area contributed by atoms with E-state index < -0.39 is 0 Å². The third-order valence-electron chi connectivity index (χ3n) is 20.4. The molecule has 17 heteroatoms. The molecule has 0 aliphatic heterocycles. The molecule has 1 aromatic carbocycles. The van der Waals surface area contributed by atoms with Gasteiger partial charge < -0.3 is 50.0 Å². The number of rotatable bonds is 75. The summed E-state index contributed by atoms with van der Waals surface area (Å²) in [7, 11) is 1.87.